The van der Waals surface area contributed by atoms with E-state index < -0.39 is 5.97 Å². The molecule has 0 aliphatic carbocycles. The number of carbonyl (C=O) groups is 1. The van der Waals surface area contributed by atoms with E-state index in [-0.39, 0.29) is 11.4 Å². The van der Waals surface area contributed by atoms with Gasteiger partial charge in [0.1, 0.15) is 17.2 Å². The van der Waals surface area contributed by atoms with Crippen LogP contribution in [0.1, 0.15) is 27.4 Å². The number of rotatable bonds is 4. The minimum absolute atomic E-state index is 0.162. The van der Waals surface area contributed by atoms with Crippen molar-refractivity contribution in [2.24, 2.45) is 0 Å². The van der Waals surface area contributed by atoms with Gasteiger partial charge in [0.25, 0.3) is 0 Å². The number of aryl methyl sites for hydroxylation is 2. The number of methoxy groups -OCH3 is 1. The quantitative estimate of drug-likeness (QED) is 0.691. The molecule has 0 unspecified atom stereocenters. The van der Waals surface area contributed by atoms with Gasteiger partial charge in [-0.05, 0) is 25.5 Å². The number of benzene rings is 1. The second kappa shape index (κ2) is 6.58. The van der Waals surface area contributed by atoms with E-state index in [1.807, 2.05) is 12.1 Å². The van der Waals surface area contributed by atoms with E-state index in [2.05, 4.69) is 33.8 Å². The van der Waals surface area contributed by atoms with E-state index in [9.17, 15) is 4.79 Å². The van der Waals surface area contributed by atoms with Crippen molar-refractivity contribution < 1.29 is 9.53 Å². The van der Waals surface area contributed by atoms with Gasteiger partial charge in [-0.15, -0.1) is 11.8 Å². The van der Waals surface area contributed by atoms with E-state index >= 15 is 0 Å². The van der Waals surface area contributed by atoms with E-state index in [0.717, 1.165) is 0 Å². The van der Waals surface area contributed by atoms with Crippen LogP contribution in [0.25, 0.3) is 0 Å². The Labute approximate surface area is 127 Å². The molecule has 0 amide bonds. The number of carbonyl (C=O) groups excluding carboxylic acids is 1. The molecule has 1 aromatic heterocycles. The van der Waals surface area contributed by atoms with Crippen LogP contribution in [0.15, 0.2) is 29.2 Å². The lowest BCUT2D eigenvalue weighted by Crippen LogP contribution is -2.13. The topological polar surface area (TPSA) is 78.1 Å². The van der Waals surface area contributed by atoms with Gasteiger partial charge in [0, 0.05) is 4.90 Å². The van der Waals surface area contributed by atoms with Crippen LogP contribution in [0, 0.1) is 13.8 Å². The number of hydrogen-bond acceptors (Lipinski definition) is 6. The lowest BCUT2D eigenvalue weighted by Gasteiger charge is -2.09. The molecule has 0 bridgehead atoms. The van der Waals surface area contributed by atoms with Crippen LogP contribution in [-0.4, -0.2) is 23.0 Å². The van der Waals surface area contributed by atoms with Crippen molar-refractivity contribution in [2.45, 2.75) is 24.5 Å². The number of nitrogen functional groups attached to an aromatic ring is 1. The van der Waals surface area contributed by atoms with Gasteiger partial charge < -0.3 is 10.5 Å². The molecule has 2 N–H and O–H groups in total. The number of nitrogens with zero attached hydrogens (tertiary/aromatic N) is 2. The van der Waals surface area contributed by atoms with Crippen LogP contribution in [0.2, 0.25) is 0 Å². The van der Waals surface area contributed by atoms with Crippen molar-refractivity contribution in [3.8, 4) is 0 Å². The fraction of sp³-hybridized carbons (Fsp3) is 0.267. The molecule has 0 fully saturated rings. The summed E-state index contributed by atoms with van der Waals surface area (Å²) >= 11 is 1.64. The maximum Gasteiger partial charge on any atom is 0.343 e. The van der Waals surface area contributed by atoms with Crippen LogP contribution in [0.4, 0.5) is 5.82 Å². The van der Waals surface area contributed by atoms with Gasteiger partial charge in [-0.3, -0.25) is 0 Å². The fourth-order valence-electron chi connectivity index (χ4n) is 1.93. The van der Waals surface area contributed by atoms with Crippen molar-refractivity contribution in [3.63, 3.8) is 0 Å². The zero-order valence-corrected chi connectivity index (χ0v) is 13.0. The highest BCUT2D eigenvalue weighted by atomic mass is 32.2. The Morgan fingerprint density at radius 3 is 2.62 bits per heavy atom. The summed E-state index contributed by atoms with van der Waals surface area (Å²) in [4.78, 5) is 21.3. The third-order valence-electron chi connectivity index (χ3n) is 3.00. The monoisotopic (exact) mass is 303 g/mol. The van der Waals surface area contributed by atoms with Crippen molar-refractivity contribution in [1.82, 2.24) is 9.97 Å². The number of anilines is 1. The highest BCUT2D eigenvalue weighted by Gasteiger charge is 2.17. The van der Waals surface area contributed by atoms with Crippen molar-refractivity contribution in [3.05, 3.63) is 46.9 Å². The highest BCUT2D eigenvalue weighted by molar-refractivity contribution is 7.98. The van der Waals surface area contributed by atoms with Gasteiger partial charge >= 0.3 is 5.97 Å². The van der Waals surface area contributed by atoms with E-state index in [4.69, 9.17) is 5.73 Å². The molecule has 1 heterocycles. The summed E-state index contributed by atoms with van der Waals surface area (Å²) in [5, 5.41) is 0. The first kappa shape index (κ1) is 15.3. The maximum absolute atomic E-state index is 11.6. The second-order valence-corrected chi connectivity index (χ2v) is 5.55. The second-order valence-electron chi connectivity index (χ2n) is 4.53. The molecule has 2 rings (SSSR count). The summed E-state index contributed by atoms with van der Waals surface area (Å²) in [6, 6.07) is 8.11. The molecular weight excluding hydrogens is 286 g/mol. The maximum atomic E-state index is 11.6. The Bertz CT molecular complexity index is 651. The first-order chi connectivity index (χ1) is 10.0. The summed E-state index contributed by atoms with van der Waals surface area (Å²) in [5.74, 6) is 0.848. The first-order valence-corrected chi connectivity index (χ1v) is 7.41. The minimum atomic E-state index is -0.511. The fourth-order valence-corrected chi connectivity index (χ4v) is 2.82. The van der Waals surface area contributed by atoms with E-state index in [0.29, 0.717) is 17.3 Å². The Morgan fingerprint density at radius 1 is 1.29 bits per heavy atom. The smallest absolute Gasteiger partial charge is 0.343 e. The van der Waals surface area contributed by atoms with Crippen LogP contribution in [0.3, 0.4) is 0 Å². The zero-order chi connectivity index (χ0) is 15.4. The Hall–Kier alpha value is -2.08. The van der Waals surface area contributed by atoms with Crippen LogP contribution >= 0.6 is 11.8 Å². The predicted molar refractivity (Wildman–Crippen MR) is 83.3 cm³/mol. The minimum Gasteiger partial charge on any atom is -0.465 e. The molecule has 110 valence electrons. The van der Waals surface area contributed by atoms with Gasteiger partial charge in [-0.1, -0.05) is 18.2 Å². The van der Waals surface area contributed by atoms with Crippen molar-refractivity contribution in [1.29, 1.82) is 0 Å². The number of nitrogens with two attached hydrogens (primary N) is 1. The number of ether oxygens (including phenoxy) is 1. The molecule has 0 aliphatic rings. The van der Waals surface area contributed by atoms with Gasteiger partial charge in [0.2, 0.25) is 0 Å². The normalized spacial score (nSPS) is 10.4. The van der Waals surface area contributed by atoms with Gasteiger partial charge in [0.15, 0.2) is 0 Å². The number of esters is 1. The Kier molecular flexibility index (Phi) is 4.80. The predicted octanol–water partition coefficient (Wildman–Crippen LogP) is 2.75. The molecular formula is C15H17N3O2S. The molecule has 6 heteroatoms. The SMILES string of the molecule is COC(=O)c1c(C)nc(CSc2ccccc2C)nc1N. The van der Waals surface area contributed by atoms with Gasteiger partial charge in [0.05, 0.1) is 18.6 Å². The largest absolute Gasteiger partial charge is 0.465 e. The molecule has 21 heavy (non-hydrogen) atoms. The van der Waals surface area contributed by atoms with E-state index in [1.54, 1.807) is 18.7 Å². The third kappa shape index (κ3) is 3.52. The molecule has 0 saturated carbocycles. The molecule has 0 atom stereocenters. The molecule has 0 spiro atoms. The molecule has 0 radical (unpaired) electrons. The molecule has 1 aromatic carbocycles. The molecule has 0 saturated heterocycles. The average molecular weight is 303 g/mol. The summed E-state index contributed by atoms with van der Waals surface area (Å²) < 4.78 is 4.68. The highest BCUT2D eigenvalue weighted by Crippen LogP contribution is 2.25. The van der Waals surface area contributed by atoms with Crippen LogP contribution < -0.4 is 5.73 Å². The first-order valence-electron chi connectivity index (χ1n) is 6.42. The van der Waals surface area contributed by atoms with E-state index in [1.165, 1.54) is 17.6 Å². The Morgan fingerprint density at radius 2 is 2.00 bits per heavy atom. The lowest BCUT2D eigenvalue weighted by molar-refractivity contribution is 0.0600. The van der Waals surface area contributed by atoms with Gasteiger partial charge in [-0.2, -0.15) is 0 Å². The molecule has 5 nitrogen and oxygen atoms in total. The van der Waals surface area contributed by atoms with Crippen molar-refractivity contribution in [2.75, 3.05) is 12.8 Å². The number of thioether (sulfide) groups is 1. The lowest BCUT2D eigenvalue weighted by atomic mass is 10.2. The number of aromatic nitrogens is 2. The summed E-state index contributed by atoms with van der Waals surface area (Å²) in [6.45, 7) is 3.79. The molecule has 2 aromatic rings. The standard InChI is InChI=1S/C15H17N3O2S/c1-9-6-4-5-7-11(9)21-8-12-17-10(2)13(14(16)18-12)15(19)20-3/h4-7H,8H2,1-3H3,(H2,16,17,18). The van der Waals surface area contributed by atoms with Crippen LogP contribution in [-0.2, 0) is 10.5 Å². The summed E-state index contributed by atoms with van der Waals surface area (Å²) in [5.41, 5.74) is 7.82. The average Bonchev–Trinajstić information content (AvgIpc) is 2.45. The zero-order valence-electron chi connectivity index (χ0n) is 12.2. The molecule has 0 aliphatic heterocycles. The summed E-state index contributed by atoms with van der Waals surface area (Å²) in [6.07, 6.45) is 0. The number of hydrogen-bond donors (Lipinski definition) is 1. The third-order valence-corrected chi connectivity index (χ3v) is 4.18. The Balaban J connectivity index is 2.19. The van der Waals surface area contributed by atoms with Crippen molar-refractivity contribution >= 4 is 23.5 Å². The summed E-state index contributed by atoms with van der Waals surface area (Å²) in [7, 11) is 1.31. The van der Waals surface area contributed by atoms with Gasteiger partial charge in [-0.25, -0.2) is 14.8 Å². The van der Waals surface area contributed by atoms with Crippen LogP contribution in [0.5, 0.6) is 0 Å².